The third-order valence-corrected chi connectivity index (χ3v) is 6.11. The minimum atomic E-state index is 0.0453. The van der Waals surface area contributed by atoms with Crippen molar-refractivity contribution in [2.75, 3.05) is 41.7 Å². The zero-order valence-corrected chi connectivity index (χ0v) is 18.5. The molecule has 0 unspecified atom stereocenters. The zero-order valence-electron chi connectivity index (χ0n) is 18.5. The van der Waals surface area contributed by atoms with E-state index in [4.69, 9.17) is 16.5 Å². The molecule has 1 saturated heterocycles. The minimum Gasteiger partial charge on any atom is -0.399 e. The maximum atomic E-state index is 12.3. The maximum absolute atomic E-state index is 12.3. The highest BCUT2D eigenvalue weighted by Crippen LogP contribution is 2.35. The van der Waals surface area contributed by atoms with Gasteiger partial charge in [0.2, 0.25) is 5.91 Å². The van der Waals surface area contributed by atoms with Gasteiger partial charge in [0, 0.05) is 46.5 Å². The van der Waals surface area contributed by atoms with Gasteiger partial charge >= 0.3 is 0 Å². The van der Waals surface area contributed by atoms with E-state index in [1.807, 2.05) is 60.7 Å². The van der Waals surface area contributed by atoms with Crippen molar-refractivity contribution in [3.8, 4) is 0 Å². The van der Waals surface area contributed by atoms with Crippen molar-refractivity contribution in [3.05, 3.63) is 60.7 Å². The molecule has 168 valence electrons. The van der Waals surface area contributed by atoms with Crippen LogP contribution in [0.15, 0.2) is 60.7 Å². The Hall–Kier alpha value is -3.84. The second kappa shape index (κ2) is 8.96. The summed E-state index contributed by atoms with van der Waals surface area (Å²) in [7, 11) is 0. The Labute approximate surface area is 192 Å². The summed E-state index contributed by atoms with van der Waals surface area (Å²) in [6.45, 7) is 3.03. The molecule has 7 nitrogen and oxygen atoms in total. The second-order valence-electron chi connectivity index (χ2n) is 8.59. The summed E-state index contributed by atoms with van der Waals surface area (Å²) in [4.78, 5) is 19.4. The van der Waals surface area contributed by atoms with Crippen molar-refractivity contribution in [2.24, 2.45) is 0 Å². The number of anilines is 5. The number of nitrogen functional groups attached to an aromatic ring is 2. The molecular formula is C26H28N6O. The standard InChI is InChI=1S/C26H28N6O/c27-17-3-9-21-23(15-17)31-24-16-18(28)4-10-22(24)26(21)30-20-7-5-19(6-8-20)29-25(33)11-14-32-12-1-2-13-32/h3-10,15-16H,1-2,11-14,27-28H2,(H,29,33)(H,30,31). The molecule has 4 aromatic rings. The van der Waals surface area contributed by atoms with Gasteiger partial charge in [-0.1, -0.05) is 0 Å². The number of likely N-dealkylation sites (tertiary alicyclic amines) is 1. The van der Waals surface area contributed by atoms with E-state index in [0.717, 1.165) is 58.5 Å². The molecule has 2 heterocycles. The molecule has 0 spiro atoms. The maximum Gasteiger partial charge on any atom is 0.225 e. The first-order valence-electron chi connectivity index (χ1n) is 11.3. The van der Waals surface area contributed by atoms with Crippen LogP contribution in [0.4, 0.5) is 28.4 Å². The van der Waals surface area contributed by atoms with Crippen LogP contribution in [-0.4, -0.2) is 35.4 Å². The number of rotatable bonds is 6. The normalized spacial score (nSPS) is 14.1. The van der Waals surface area contributed by atoms with Gasteiger partial charge in [0.25, 0.3) is 0 Å². The average molecular weight is 441 g/mol. The van der Waals surface area contributed by atoms with Crippen LogP contribution in [0.1, 0.15) is 19.3 Å². The molecule has 5 rings (SSSR count). The summed E-state index contributed by atoms with van der Waals surface area (Å²) in [5.74, 6) is 0.0453. The summed E-state index contributed by atoms with van der Waals surface area (Å²) < 4.78 is 0. The molecule has 0 bridgehead atoms. The summed E-state index contributed by atoms with van der Waals surface area (Å²) >= 11 is 0. The molecule has 0 radical (unpaired) electrons. The topological polar surface area (TPSA) is 109 Å². The number of hydrogen-bond acceptors (Lipinski definition) is 6. The molecule has 1 aliphatic heterocycles. The van der Waals surface area contributed by atoms with Gasteiger partial charge in [0.15, 0.2) is 0 Å². The van der Waals surface area contributed by atoms with Crippen molar-refractivity contribution in [1.29, 1.82) is 0 Å². The minimum absolute atomic E-state index is 0.0453. The van der Waals surface area contributed by atoms with Crippen molar-refractivity contribution >= 4 is 56.1 Å². The Morgan fingerprint density at radius 3 is 2.03 bits per heavy atom. The predicted molar refractivity (Wildman–Crippen MR) is 137 cm³/mol. The van der Waals surface area contributed by atoms with Crippen LogP contribution in [0.3, 0.4) is 0 Å². The predicted octanol–water partition coefficient (Wildman–Crippen LogP) is 4.72. The number of carbonyl (C=O) groups is 1. The van der Waals surface area contributed by atoms with E-state index in [-0.39, 0.29) is 5.91 Å². The van der Waals surface area contributed by atoms with Crippen molar-refractivity contribution in [3.63, 3.8) is 0 Å². The van der Waals surface area contributed by atoms with E-state index in [1.165, 1.54) is 12.8 Å². The molecule has 3 aromatic carbocycles. The molecule has 6 N–H and O–H groups in total. The number of nitrogens with zero attached hydrogens (tertiary/aromatic N) is 2. The fourth-order valence-corrected chi connectivity index (χ4v) is 4.39. The van der Waals surface area contributed by atoms with Gasteiger partial charge in [0.1, 0.15) is 0 Å². The van der Waals surface area contributed by atoms with Gasteiger partial charge in [-0.05, 0) is 86.6 Å². The van der Waals surface area contributed by atoms with Gasteiger partial charge in [-0.2, -0.15) is 0 Å². The van der Waals surface area contributed by atoms with Crippen molar-refractivity contribution < 1.29 is 4.79 Å². The third kappa shape index (κ3) is 4.68. The number of pyridine rings is 1. The fourth-order valence-electron chi connectivity index (χ4n) is 4.39. The molecule has 0 saturated carbocycles. The van der Waals surface area contributed by atoms with Crippen LogP contribution < -0.4 is 22.1 Å². The monoisotopic (exact) mass is 440 g/mol. The Morgan fingerprint density at radius 1 is 0.848 bits per heavy atom. The molecule has 1 aliphatic rings. The van der Waals surface area contributed by atoms with Crippen LogP contribution in [0, 0.1) is 0 Å². The lowest BCUT2D eigenvalue weighted by atomic mass is 10.1. The van der Waals surface area contributed by atoms with Crippen molar-refractivity contribution in [2.45, 2.75) is 19.3 Å². The first-order valence-corrected chi connectivity index (χ1v) is 11.3. The van der Waals surface area contributed by atoms with Gasteiger partial charge in [0.05, 0.1) is 16.7 Å². The number of amides is 1. The largest absolute Gasteiger partial charge is 0.399 e. The number of nitrogens with one attached hydrogen (secondary N) is 2. The second-order valence-corrected chi connectivity index (χ2v) is 8.59. The van der Waals surface area contributed by atoms with E-state index in [0.29, 0.717) is 17.8 Å². The van der Waals surface area contributed by atoms with Crippen LogP contribution in [0.25, 0.3) is 21.8 Å². The first kappa shape index (κ1) is 21.0. The molecular weight excluding hydrogens is 412 g/mol. The van der Waals surface area contributed by atoms with E-state index in [9.17, 15) is 4.79 Å². The number of benzene rings is 3. The van der Waals surface area contributed by atoms with E-state index < -0.39 is 0 Å². The highest BCUT2D eigenvalue weighted by Gasteiger charge is 2.13. The fraction of sp³-hybridized carbons (Fsp3) is 0.231. The molecule has 1 amide bonds. The molecule has 1 fully saturated rings. The van der Waals surface area contributed by atoms with Crippen LogP contribution in [0.5, 0.6) is 0 Å². The van der Waals surface area contributed by atoms with Crippen LogP contribution >= 0.6 is 0 Å². The average Bonchev–Trinajstić information content (AvgIpc) is 3.32. The quantitative estimate of drug-likeness (QED) is 0.255. The smallest absolute Gasteiger partial charge is 0.225 e. The number of fused-ring (bicyclic) bond motifs is 2. The van der Waals surface area contributed by atoms with E-state index in [1.54, 1.807) is 0 Å². The summed E-state index contributed by atoms with van der Waals surface area (Å²) in [5.41, 5.74) is 17.6. The van der Waals surface area contributed by atoms with Gasteiger partial charge in [-0.25, -0.2) is 4.98 Å². The number of hydrogen-bond donors (Lipinski definition) is 4. The van der Waals surface area contributed by atoms with E-state index in [2.05, 4.69) is 15.5 Å². The first-order chi connectivity index (χ1) is 16.0. The summed E-state index contributed by atoms with van der Waals surface area (Å²) in [5, 5.41) is 8.47. The Balaban J connectivity index is 1.36. The number of aromatic nitrogens is 1. The molecule has 1 aromatic heterocycles. The van der Waals surface area contributed by atoms with Crippen molar-refractivity contribution in [1.82, 2.24) is 9.88 Å². The molecule has 7 heteroatoms. The number of carbonyl (C=O) groups excluding carboxylic acids is 1. The summed E-state index contributed by atoms with van der Waals surface area (Å²) in [6, 6.07) is 19.2. The molecule has 33 heavy (non-hydrogen) atoms. The zero-order chi connectivity index (χ0) is 22.8. The SMILES string of the molecule is Nc1ccc2c(Nc3ccc(NC(=O)CCN4CCCC4)cc3)c3ccc(N)cc3nc2c1. The van der Waals surface area contributed by atoms with E-state index >= 15 is 0 Å². The van der Waals surface area contributed by atoms with Crippen LogP contribution in [0.2, 0.25) is 0 Å². The lowest BCUT2D eigenvalue weighted by molar-refractivity contribution is -0.116. The Bertz CT molecular complexity index is 1250. The highest BCUT2D eigenvalue weighted by molar-refractivity contribution is 6.09. The lowest BCUT2D eigenvalue weighted by Crippen LogP contribution is -2.25. The van der Waals surface area contributed by atoms with Gasteiger partial charge in [-0.15, -0.1) is 0 Å². The third-order valence-electron chi connectivity index (χ3n) is 6.11. The molecule has 0 aliphatic carbocycles. The summed E-state index contributed by atoms with van der Waals surface area (Å²) in [6.07, 6.45) is 2.99. The lowest BCUT2D eigenvalue weighted by Gasteiger charge is -2.15. The van der Waals surface area contributed by atoms with Gasteiger partial charge in [-0.3, -0.25) is 4.79 Å². The highest BCUT2D eigenvalue weighted by atomic mass is 16.1. The number of nitrogens with two attached hydrogens (primary N) is 2. The Kier molecular flexibility index (Phi) is 5.71. The van der Waals surface area contributed by atoms with Crippen LogP contribution in [-0.2, 0) is 4.79 Å². The Morgan fingerprint density at radius 2 is 1.42 bits per heavy atom. The molecule has 0 atom stereocenters. The van der Waals surface area contributed by atoms with Gasteiger partial charge < -0.3 is 27.0 Å².